The molecule has 2 unspecified atom stereocenters. The minimum absolute atomic E-state index is 0.0739. The van der Waals surface area contributed by atoms with Gasteiger partial charge < -0.3 is 20.8 Å². The lowest BCUT2D eigenvalue weighted by Gasteiger charge is -2.26. The molecule has 18 heavy (non-hydrogen) atoms. The number of carboxylic acids is 2. The van der Waals surface area contributed by atoms with Crippen molar-refractivity contribution in [1.29, 1.82) is 0 Å². The summed E-state index contributed by atoms with van der Waals surface area (Å²) in [6.07, 6.45) is 1.24. The van der Waals surface area contributed by atoms with E-state index in [4.69, 9.17) is 15.9 Å². The van der Waals surface area contributed by atoms with Gasteiger partial charge in [-0.25, -0.2) is 0 Å². The first-order chi connectivity index (χ1) is 8.41. The van der Waals surface area contributed by atoms with E-state index in [1.165, 1.54) is 4.90 Å². The van der Waals surface area contributed by atoms with E-state index >= 15 is 0 Å². The first kappa shape index (κ1) is 14.4. The molecule has 1 fully saturated rings. The quantitative estimate of drug-likeness (QED) is 0.598. The highest BCUT2D eigenvalue weighted by Crippen LogP contribution is 2.21. The van der Waals surface area contributed by atoms with E-state index in [0.29, 0.717) is 13.0 Å². The van der Waals surface area contributed by atoms with Crippen molar-refractivity contribution in [2.75, 3.05) is 6.54 Å². The summed E-state index contributed by atoms with van der Waals surface area (Å²) in [6, 6.07) is -1.18. The van der Waals surface area contributed by atoms with Crippen molar-refractivity contribution in [2.45, 2.75) is 44.2 Å². The molecule has 102 valence electrons. The minimum Gasteiger partial charge on any atom is -0.481 e. The summed E-state index contributed by atoms with van der Waals surface area (Å²) in [7, 11) is 0. The predicted octanol–water partition coefficient (Wildman–Crippen LogP) is -0.356. The second-order valence-electron chi connectivity index (χ2n) is 4.46. The average Bonchev–Trinajstić information content (AvgIpc) is 2.71. The monoisotopic (exact) mass is 258 g/mol. The van der Waals surface area contributed by atoms with Gasteiger partial charge in [0.2, 0.25) is 5.91 Å². The van der Waals surface area contributed by atoms with E-state index < -0.39 is 18.0 Å². The van der Waals surface area contributed by atoms with Crippen LogP contribution in [0, 0.1) is 0 Å². The number of amides is 1. The highest BCUT2D eigenvalue weighted by atomic mass is 16.4. The third-order valence-electron chi connectivity index (χ3n) is 3.06. The van der Waals surface area contributed by atoms with Gasteiger partial charge in [-0.15, -0.1) is 0 Å². The van der Waals surface area contributed by atoms with Gasteiger partial charge in [0.25, 0.3) is 0 Å². The van der Waals surface area contributed by atoms with Crippen molar-refractivity contribution in [3.8, 4) is 0 Å². The third-order valence-corrected chi connectivity index (χ3v) is 3.06. The fourth-order valence-electron chi connectivity index (χ4n) is 2.16. The first-order valence-electron chi connectivity index (χ1n) is 5.91. The molecule has 1 saturated heterocycles. The lowest BCUT2D eigenvalue weighted by atomic mass is 10.1. The van der Waals surface area contributed by atoms with Crippen LogP contribution in [0.2, 0.25) is 0 Å². The highest BCUT2D eigenvalue weighted by Gasteiger charge is 2.32. The van der Waals surface area contributed by atoms with Crippen LogP contribution >= 0.6 is 0 Å². The number of likely N-dealkylation sites (tertiary alicyclic amines) is 1. The summed E-state index contributed by atoms with van der Waals surface area (Å²) in [5, 5.41) is 17.3. The number of aliphatic carboxylic acids is 2. The Morgan fingerprint density at radius 2 is 1.94 bits per heavy atom. The zero-order chi connectivity index (χ0) is 13.7. The van der Waals surface area contributed by atoms with Crippen LogP contribution < -0.4 is 5.73 Å². The Morgan fingerprint density at radius 3 is 2.50 bits per heavy atom. The molecule has 0 aliphatic carbocycles. The van der Waals surface area contributed by atoms with Crippen LogP contribution in [0.5, 0.6) is 0 Å². The molecule has 4 N–H and O–H groups in total. The lowest BCUT2D eigenvalue weighted by molar-refractivity contribution is -0.140. The van der Waals surface area contributed by atoms with Crippen molar-refractivity contribution in [3.63, 3.8) is 0 Å². The van der Waals surface area contributed by atoms with Gasteiger partial charge in [0.05, 0.1) is 12.5 Å². The molecule has 2 atom stereocenters. The molecule has 0 spiro atoms. The molecule has 0 radical (unpaired) electrons. The summed E-state index contributed by atoms with van der Waals surface area (Å²) in [6.45, 7) is 0.498. The van der Waals surface area contributed by atoms with Crippen molar-refractivity contribution in [2.24, 2.45) is 5.73 Å². The van der Waals surface area contributed by atoms with Gasteiger partial charge in [0, 0.05) is 19.0 Å². The van der Waals surface area contributed by atoms with Crippen LogP contribution in [0.4, 0.5) is 0 Å². The van der Waals surface area contributed by atoms with Crippen molar-refractivity contribution < 1.29 is 24.6 Å². The van der Waals surface area contributed by atoms with Gasteiger partial charge in [0.1, 0.15) is 0 Å². The number of nitrogens with zero attached hydrogens (tertiary/aromatic N) is 1. The van der Waals surface area contributed by atoms with Gasteiger partial charge in [-0.2, -0.15) is 0 Å². The SMILES string of the molecule is NC(CCC(=O)O)C(=O)N1CCCC1CC(=O)O. The summed E-state index contributed by atoms with van der Waals surface area (Å²) in [5.74, 6) is -2.29. The van der Waals surface area contributed by atoms with Crippen LogP contribution in [0.3, 0.4) is 0 Å². The maximum atomic E-state index is 12.0. The maximum Gasteiger partial charge on any atom is 0.305 e. The molecule has 7 nitrogen and oxygen atoms in total. The van der Waals surface area contributed by atoms with Gasteiger partial charge in [0.15, 0.2) is 0 Å². The Hall–Kier alpha value is -1.63. The Bertz CT molecular complexity index is 344. The zero-order valence-corrected chi connectivity index (χ0v) is 10.0. The largest absolute Gasteiger partial charge is 0.481 e. The summed E-state index contributed by atoms with van der Waals surface area (Å²) in [4.78, 5) is 34.5. The molecule has 0 bridgehead atoms. The molecule has 0 saturated carbocycles. The minimum atomic E-state index is -0.998. The fraction of sp³-hybridized carbons (Fsp3) is 0.727. The second-order valence-corrected chi connectivity index (χ2v) is 4.46. The van der Waals surface area contributed by atoms with Crippen LogP contribution in [-0.4, -0.2) is 51.6 Å². The number of carbonyl (C=O) groups is 3. The number of carbonyl (C=O) groups excluding carboxylic acids is 1. The number of hydrogen-bond donors (Lipinski definition) is 3. The molecular weight excluding hydrogens is 240 g/mol. The Morgan fingerprint density at radius 1 is 1.28 bits per heavy atom. The molecular formula is C11H18N2O5. The van der Waals surface area contributed by atoms with Crippen LogP contribution in [0.15, 0.2) is 0 Å². The standard InChI is InChI=1S/C11H18N2O5/c12-8(3-4-9(14)15)11(18)13-5-1-2-7(13)6-10(16)17/h7-8H,1-6,12H2,(H,14,15)(H,16,17). The van der Waals surface area contributed by atoms with E-state index in [0.717, 1.165) is 6.42 Å². The van der Waals surface area contributed by atoms with E-state index in [2.05, 4.69) is 0 Å². The summed E-state index contributed by atoms with van der Waals surface area (Å²) in [5.41, 5.74) is 5.64. The lowest BCUT2D eigenvalue weighted by Crippen LogP contribution is -2.46. The van der Waals surface area contributed by atoms with Crippen molar-refractivity contribution in [3.05, 3.63) is 0 Å². The maximum absolute atomic E-state index is 12.0. The molecule has 7 heteroatoms. The first-order valence-corrected chi connectivity index (χ1v) is 5.91. The molecule has 1 rings (SSSR count). The highest BCUT2D eigenvalue weighted by molar-refractivity contribution is 5.83. The Labute approximate surface area is 105 Å². The number of carboxylic acid groups (broad SMARTS) is 2. The van der Waals surface area contributed by atoms with Crippen LogP contribution in [0.1, 0.15) is 32.1 Å². The summed E-state index contributed by atoms with van der Waals surface area (Å²) < 4.78 is 0. The Balaban J connectivity index is 2.53. The molecule has 0 aromatic heterocycles. The van der Waals surface area contributed by atoms with Gasteiger partial charge in [-0.1, -0.05) is 0 Å². The molecule has 1 aliphatic heterocycles. The van der Waals surface area contributed by atoms with Crippen molar-refractivity contribution in [1.82, 2.24) is 4.90 Å². The molecule has 0 aromatic rings. The third kappa shape index (κ3) is 3.99. The van der Waals surface area contributed by atoms with Gasteiger partial charge in [-0.3, -0.25) is 14.4 Å². The van der Waals surface area contributed by atoms with Crippen molar-refractivity contribution >= 4 is 17.8 Å². The average molecular weight is 258 g/mol. The van der Waals surface area contributed by atoms with E-state index in [1.807, 2.05) is 0 Å². The van der Waals surface area contributed by atoms with E-state index in [-0.39, 0.29) is 31.2 Å². The van der Waals surface area contributed by atoms with Gasteiger partial charge >= 0.3 is 11.9 Å². The normalized spacial score (nSPS) is 20.7. The predicted molar refractivity (Wildman–Crippen MR) is 61.8 cm³/mol. The van der Waals surface area contributed by atoms with Crippen LogP contribution in [-0.2, 0) is 14.4 Å². The number of rotatable bonds is 6. The number of nitrogens with two attached hydrogens (primary N) is 1. The molecule has 1 aliphatic rings. The van der Waals surface area contributed by atoms with E-state index in [1.54, 1.807) is 0 Å². The topological polar surface area (TPSA) is 121 Å². The smallest absolute Gasteiger partial charge is 0.305 e. The van der Waals surface area contributed by atoms with Gasteiger partial charge in [-0.05, 0) is 19.3 Å². The Kier molecular flexibility index (Phi) is 5.08. The molecule has 0 aromatic carbocycles. The molecule has 1 amide bonds. The van der Waals surface area contributed by atoms with Crippen LogP contribution in [0.25, 0.3) is 0 Å². The zero-order valence-electron chi connectivity index (χ0n) is 10.0. The second kappa shape index (κ2) is 6.34. The van der Waals surface area contributed by atoms with E-state index in [9.17, 15) is 14.4 Å². The fourth-order valence-corrected chi connectivity index (χ4v) is 2.16. The molecule has 1 heterocycles. The summed E-state index contributed by atoms with van der Waals surface area (Å²) >= 11 is 0. The number of hydrogen-bond acceptors (Lipinski definition) is 4.